The number of rotatable bonds is 7. The first-order chi connectivity index (χ1) is 14.7. The number of anilines is 1. The number of nitrogens with zero attached hydrogens (tertiary/aromatic N) is 3. The summed E-state index contributed by atoms with van der Waals surface area (Å²) in [5.41, 5.74) is 3.25. The van der Waals surface area contributed by atoms with Crippen LogP contribution in [0.3, 0.4) is 0 Å². The van der Waals surface area contributed by atoms with Crippen LogP contribution in [0.25, 0.3) is 22.4 Å². The first-order valence-electron chi connectivity index (χ1n) is 9.38. The zero-order chi connectivity index (χ0) is 20.9. The smallest absolute Gasteiger partial charge is 0.259 e. The monoisotopic (exact) mass is 404 g/mol. The van der Waals surface area contributed by atoms with Gasteiger partial charge in [0.1, 0.15) is 12.3 Å². The number of aryl methyl sites for hydroxylation is 1. The number of methoxy groups -OCH3 is 1. The second-order valence-corrected chi connectivity index (χ2v) is 6.52. The Hall–Kier alpha value is -3.78. The van der Waals surface area contributed by atoms with Crippen LogP contribution in [0.4, 0.5) is 5.69 Å². The highest BCUT2D eigenvalue weighted by molar-refractivity contribution is 6.13. The van der Waals surface area contributed by atoms with Crippen molar-refractivity contribution in [3.8, 4) is 17.1 Å². The predicted molar refractivity (Wildman–Crippen MR) is 112 cm³/mol. The van der Waals surface area contributed by atoms with Crippen LogP contribution in [0.5, 0.6) is 5.88 Å². The van der Waals surface area contributed by atoms with Crippen molar-refractivity contribution in [2.24, 2.45) is 0 Å². The van der Waals surface area contributed by atoms with Crippen molar-refractivity contribution in [1.82, 2.24) is 15.1 Å². The largest absolute Gasteiger partial charge is 0.474 e. The molecule has 0 aliphatic heterocycles. The fourth-order valence-corrected chi connectivity index (χ4v) is 3.04. The van der Waals surface area contributed by atoms with Gasteiger partial charge in [0, 0.05) is 18.9 Å². The van der Waals surface area contributed by atoms with Gasteiger partial charge in [0.2, 0.25) is 5.88 Å². The highest BCUT2D eigenvalue weighted by atomic mass is 16.5. The van der Waals surface area contributed by atoms with Crippen LogP contribution in [0.1, 0.15) is 16.1 Å². The molecule has 1 amide bonds. The number of ether oxygens (including phenoxy) is 2. The fraction of sp³-hybridized carbons (Fsp3) is 0.182. The third-order valence-corrected chi connectivity index (χ3v) is 4.48. The van der Waals surface area contributed by atoms with Crippen LogP contribution in [0.2, 0.25) is 0 Å². The van der Waals surface area contributed by atoms with E-state index in [4.69, 9.17) is 14.0 Å². The molecule has 4 aromatic rings. The van der Waals surface area contributed by atoms with Gasteiger partial charge in [-0.05, 0) is 25.1 Å². The number of hydrogen-bond acceptors (Lipinski definition) is 7. The molecule has 0 spiro atoms. The molecule has 0 aliphatic rings. The molecule has 0 saturated carbocycles. The van der Waals surface area contributed by atoms with Crippen LogP contribution in [0, 0.1) is 6.92 Å². The minimum absolute atomic E-state index is 0.307. The van der Waals surface area contributed by atoms with Crippen LogP contribution in [-0.4, -0.2) is 41.4 Å². The number of benzene rings is 1. The first-order valence-corrected chi connectivity index (χ1v) is 9.38. The van der Waals surface area contributed by atoms with E-state index >= 15 is 0 Å². The van der Waals surface area contributed by atoms with Gasteiger partial charge in [-0.2, -0.15) is 0 Å². The van der Waals surface area contributed by atoms with Crippen molar-refractivity contribution in [3.63, 3.8) is 0 Å². The van der Waals surface area contributed by atoms with Crippen molar-refractivity contribution >= 4 is 22.7 Å². The Bertz CT molecular complexity index is 1170. The van der Waals surface area contributed by atoms with E-state index in [1.165, 1.54) is 0 Å². The molecule has 3 heterocycles. The lowest BCUT2D eigenvalue weighted by molar-refractivity contribution is 0.102. The lowest BCUT2D eigenvalue weighted by atomic mass is 10.1. The minimum atomic E-state index is -0.338. The highest BCUT2D eigenvalue weighted by Crippen LogP contribution is 2.28. The number of fused-ring (bicyclic) bond motifs is 1. The van der Waals surface area contributed by atoms with E-state index in [1.54, 1.807) is 38.4 Å². The van der Waals surface area contributed by atoms with E-state index in [0.717, 1.165) is 5.56 Å². The second kappa shape index (κ2) is 8.71. The van der Waals surface area contributed by atoms with Crippen molar-refractivity contribution in [3.05, 3.63) is 66.0 Å². The maximum absolute atomic E-state index is 13.2. The summed E-state index contributed by atoms with van der Waals surface area (Å²) in [7, 11) is 1.59. The standard InChI is InChI=1S/C22H20N4O4/c1-14-19-16(13-18(25-22(19)30-26-14)15-7-4-3-5-8-15)20(27)24-17-9-6-10-23-21(17)29-12-11-28-2/h3-10,13H,11-12H2,1-2H3,(H,24,27). The van der Waals surface area contributed by atoms with Gasteiger partial charge in [0.25, 0.3) is 11.6 Å². The van der Waals surface area contributed by atoms with Gasteiger partial charge in [-0.3, -0.25) is 4.79 Å². The Morgan fingerprint density at radius 3 is 2.77 bits per heavy atom. The molecule has 8 nitrogen and oxygen atoms in total. The molecule has 1 N–H and O–H groups in total. The minimum Gasteiger partial charge on any atom is -0.474 e. The van der Waals surface area contributed by atoms with E-state index in [9.17, 15) is 4.79 Å². The topological polar surface area (TPSA) is 99.4 Å². The summed E-state index contributed by atoms with van der Waals surface area (Å²) >= 11 is 0. The summed E-state index contributed by atoms with van der Waals surface area (Å²) in [5, 5.41) is 7.42. The van der Waals surface area contributed by atoms with Crippen molar-refractivity contribution in [2.45, 2.75) is 6.92 Å². The molecule has 0 fully saturated rings. The van der Waals surface area contributed by atoms with Crippen molar-refractivity contribution < 1.29 is 18.8 Å². The number of carbonyl (C=O) groups excluding carboxylic acids is 1. The molecular formula is C22H20N4O4. The predicted octanol–water partition coefficient (Wildman–Crippen LogP) is 3.87. The van der Waals surface area contributed by atoms with Gasteiger partial charge >= 0.3 is 0 Å². The number of amides is 1. The molecule has 0 saturated heterocycles. The zero-order valence-electron chi connectivity index (χ0n) is 16.6. The maximum atomic E-state index is 13.2. The summed E-state index contributed by atoms with van der Waals surface area (Å²) in [6.45, 7) is 2.50. The molecule has 1 aromatic carbocycles. The number of pyridine rings is 2. The van der Waals surface area contributed by atoms with Crippen LogP contribution in [0.15, 0.2) is 59.3 Å². The molecular weight excluding hydrogens is 384 g/mol. The fourth-order valence-electron chi connectivity index (χ4n) is 3.04. The summed E-state index contributed by atoms with van der Waals surface area (Å²) in [6.07, 6.45) is 1.60. The Morgan fingerprint density at radius 1 is 1.13 bits per heavy atom. The van der Waals surface area contributed by atoms with Crippen LogP contribution in [-0.2, 0) is 4.74 Å². The summed E-state index contributed by atoms with van der Waals surface area (Å²) in [6, 6.07) is 14.8. The molecule has 0 bridgehead atoms. The van der Waals surface area contributed by atoms with Gasteiger partial charge in [0.05, 0.1) is 28.9 Å². The number of aromatic nitrogens is 3. The summed E-state index contributed by atoms with van der Waals surface area (Å²) in [4.78, 5) is 21.9. The normalized spacial score (nSPS) is 10.9. The van der Waals surface area contributed by atoms with Crippen LogP contribution < -0.4 is 10.1 Å². The summed E-state index contributed by atoms with van der Waals surface area (Å²) < 4.78 is 16.0. The van der Waals surface area contributed by atoms with Gasteiger partial charge in [0.15, 0.2) is 0 Å². The molecule has 152 valence electrons. The quantitative estimate of drug-likeness (QED) is 0.467. The van der Waals surface area contributed by atoms with Crippen LogP contribution >= 0.6 is 0 Å². The molecule has 8 heteroatoms. The second-order valence-electron chi connectivity index (χ2n) is 6.52. The average Bonchev–Trinajstić information content (AvgIpc) is 3.16. The maximum Gasteiger partial charge on any atom is 0.259 e. The zero-order valence-corrected chi connectivity index (χ0v) is 16.6. The van der Waals surface area contributed by atoms with E-state index in [0.29, 0.717) is 52.8 Å². The molecule has 0 aliphatic carbocycles. The molecule has 0 radical (unpaired) electrons. The highest BCUT2D eigenvalue weighted by Gasteiger charge is 2.20. The average molecular weight is 404 g/mol. The van der Waals surface area contributed by atoms with E-state index in [-0.39, 0.29) is 5.91 Å². The van der Waals surface area contributed by atoms with E-state index in [2.05, 4.69) is 20.4 Å². The van der Waals surface area contributed by atoms with Gasteiger partial charge in [-0.25, -0.2) is 9.97 Å². The molecule has 30 heavy (non-hydrogen) atoms. The number of hydrogen-bond donors (Lipinski definition) is 1. The van der Waals surface area contributed by atoms with Gasteiger partial charge < -0.3 is 19.3 Å². The Morgan fingerprint density at radius 2 is 1.97 bits per heavy atom. The first kappa shape index (κ1) is 19.5. The number of nitrogens with one attached hydrogen (secondary N) is 1. The molecule has 3 aromatic heterocycles. The van der Waals surface area contributed by atoms with Gasteiger partial charge in [-0.15, -0.1) is 0 Å². The van der Waals surface area contributed by atoms with Crippen molar-refractivity contribution in [2.75, 3.05) is 25.6 Å². The SMILES string of the molecule is COCCOc1ncccc1NC(=O)c1cc(-c2ccccc2)nc2onc(C)c12. The van der Waals surface area contributed by atoms with Crippen molar-refractivity contribution in [1.29, 1.82) is 0 Å². The molecule has 4 rings (SSSR count). The molecule has 0 unspecified atom stereocenters. The Balaban J connectivity index is 1.71. The number of carbonyl (C=O) groups is 1. The Kier molecular flexibility index (Phi) is 5.67. The third-order valence-electron chi connectivity index (χ3n) is 4.48. The lowest BCUT2D eigenvalue weighted by Crippen LogP contribution is -2.15. The van der Waals surface area contributed by atoms with Gasteiger partial charge in [-0.1, -0.05) is 35.5 Å². The van der Waals surface area contributed by atoms with E-state index in [1.807, 2.05) is 30.3 Å². The summed E-state index contributed by atoms with van der Waals surface area (Å²) in [5.74, 6) is -0.0194. The molecule has 0 atom stereocenters. The third kappa shape index (κ3) is 3.99. The Labute approximate surface area is 172 Å². The van der Waals surface area contributed by atoms with E-state index < -0.39 is 0 Å². The lowest BCUT2D eigenvalue weighted by Gasteiger charge is -2.12.